The number of hydrogen-bond acceptors (Lipinski definition) is 7. The average Bonchev–Trinajstić information content (AvgIpc) is 3.37. The van der Waals surface area contributed by atoms with Crippen LogP contribution in [0.3, 0.4) is 0 Å². The van der Waals surface area contributed by atoms with Gasteiger partial charge < -0.3 is 9.47 Å². The van der Waals surface area contributed by atoms with Crippen molar-refractivity contribution in [1.82, 2.24) is 10.4 Å². The van der Waals surface area contributed by atoms with Crippen LogP contribution in [0.1, 0.15) is 11.1 Å². The number of hydrazone groups is 1. The molecule has 0 aliphatic carbocycles. The standard InChI is InChI=1S/C26H20Cl3N3O3S2/c1-34-24-10-16(2-9-23(24)35-13-18-5-8-20(28)11-21(18)29)12-30-32-25(33)15-37-26-31-22(14-36-26)17-3-6-19(27)7-4-17/h2-12,14H,13,15H2,1H3,(H,32,33)/b30-12+. The number of carbonyl (C=O) groups excluding carboxylic acids is 1. The minimum absolute atomic E-state index is 0.189. The van der Waals surface area contributed by atoms with Crippen molar-refractivity contribution in [3.05, 3.63) is 92.2 Å². The van der Waals surface area contributed by atoms with Crippen molar-refractivity contribution < 1.29 is 14.3 Å². The Morgan fingerprint density at radius 2 is 1.84 bits per heavy atom. The molecular formula is C26H20Cl3N3O3S2. The molecule has 1 aromatic heterocycles. The molecule has 0 fully saturated rings. The first-order valence-electron chi connectivity index (χ1n) is 10.8. The molecule has 0 spiro atoms. The van der Waals surface area contributed by atoms with Crippen LogP contribution in [0.5, 0.6) is 11.5 Å². The highest BCUT2D eigenvalue weighted by atomic mass is 35.5. The van der Waals surface area contributed by atoms with E-state index in [-0.39, 0.29) is 18.3 Å². The maximum Gasteiger partial charge on any atom is 0.250 e. The Labute approximate surface area is 237 Å². The van der Waals surface area contributed by atoms with E-state index in [0.29, 0.717) is 26.6 Å². The van der Waals surface area contributed by atoms with Gasteiger partial charge in [-0.3, -0.25) is 4.79 Å². The first-order chi connectivity index (χ1) is 17.9. The Bertz CT molecular complexity index is 1410. The molecule has 4 aromatic rings. The molecule has 0 saturated heterocycles. The molecule has 4 rings (SSSR count). The number of nitrogens with one attached hydrogen (secondary N) is 1. The van der Waals surface area contributed by atoms with Crippen molar-refractivity contribution in [2.75, 3.05) is 12.9 Å². The largest absolute Gasteiger partial charge is 0.493 e. The van der Waals surface area contributed by atoms with Crippen LogP contribution < -0.4 is 14.9 Å². The third-order valence-electron chi connectivity index (χ3n) is 4.94. The molecule has 1 heterocycles. The second kappa shape index (κ2) is 13.2. The number of benzene rings is 3. The topological polar surface area (TPSA) is 72.8 Å². The first kappa shape index (κ1) is 27.3. The number of carbonyl (C=O) groups is 1. The molecule has 1 amide bonds. The summed E-state index contributed by atoms with van der Waals surface area (Å²) in [6.07, 6.45) is 1.53. The van der Waals surface area contributed by atoms with E-state index >= 15 is 0 Å². The van der Waals surface area contributed by atoms with E-state index in [1.54, 1.807) is 37.4 Å². The van der Waals surface area contributed by atoms with Crippen LogP contribution in [0.4, 0.5) is 0 Å². The Balaban J connectivity index is 1.27. The van der Waals surface area contributed by atoms with Gasteiger partial charge in [-0.25, -0.2) is 10.4 Å². The van der Waals surface area contributed by atoms with Crippen molar-refractivity contribution in [3.8, 4) is 22.8 Å². The summed E-state index contributed by atoms with van der Waals surface area (Å²) in [6.45, 7) is 0.258. The van der Waals surface area contributed by atoms with Crippen LogP contribution >= 0.6 is 57.9 Å². The summed E-state index contributed by atoms with van der Waals surface area (Å²) in [5, 5.41) is 7.76. The average molecular weight is 593 g/mol. The van der Waals surface area contributed by atoms with Gasteiger partial charge in [0.05, 0.1) is 24.8 Å². The van der Waals surface area contributed by atoms with Crippen LogP contribution in [0, 0.1) is 0 Å². The predicted octanol–water partition coefficient (Wildman–Crippen LogP) is 7.60. The zero-order valence-corrected chi connectivity index (χ0v) is 23.3. The van der Waals surface area contributed by atoms with E-state index in [1.807, 2.05) is 35.7 Å². The molecule has 0 bridgehead atoms. The SMILES string of the molecule is COc1cc(/C=N/NC(=O)CSc2nc(-c3ccc(Cl)cc3)cs2)ccc1OCc1ccc(Cl)cc1Cl. The van der Waals surface area contributed by atoms with Crippen LogP contribution in [0.15, 0.2) is 75.5 Å². The lowest BCUT2D eigenvalue weighted by Crippen LogP contribution is -2.19. The lowest BCUT2D eigenvalue weighted by atomic mass is 10.2. The normalized spacial score (nSPS) is 11.0. The quantitative estimate of drug-likeness (QED) is 0.117. The summed E-state index contributed by atoms with van der Waals surface area (Å²) in [5.74, 6) is 1.02. The van der Waals surface area contributed by atoms with Crippen LogP contribution in [0.25, 0.3) is 11.3 Å². The highest BCUT2D eigenvalue weighted by Gasteiger charge is 2.10. The van der Waals surface area contributed by atoms with Gasteiger partial charge in [-0.05, 0) is 48.0 Å². The van der Waals surface area contributed by atoms with E-state index in [4.69, 9.17) is 44.3 Å². The summed E-state index contributed by atoms with van der Waals surface area (Å²) in [7, 11) is 1.55. The fourth-order valence-corrected chi connectivity index (χ4v) is 5.31. The molecule has 37 heavy (non-hydrogen) atoms. The van der Waals surface area contributed by atoms with Crippen LogP contribution in [-0.2, 0) is 11.4 Å². The highest BCUT2D eigenvalue weighted by molar-refractivity contribution is 8.01. The monoisotopic (exact) mass is 591 g/mol. The molecule has 0 atom stereocenters. The van der Waals surface area contributed by atoms with Crippen molar-refractivity contribution in [1.29, 1.82) is 0 Å². The molecule has 1 N–H and O–H groups in total. The third-order valence-corrected chi connectivity index (χ3v) is 7.80. The summed E-state index contributed by atoms with van der Waals surface area (Å²) in [4.78, 5) is 16.8. The summed E-state index contributed by atoms with van der Waals surface area (Å²) < 4.78 is 12.1. The number of amides is 1. The Hall–Kier alpha value is -2.75. The van der Waals surface area contributed by atoms with Crippen molar-refractivity contribution in [2.45, 2.75) is 10.9 Å². The summed E-state index contributed by atoms with van der Waals surface area (Å²) in [5.41, 5.74) is 5.89. The lowest BCUT2D eigenvalue weighted by Gasteiger charge is -2.12. The Morgan fingerprint density at radius 3 is 2.59 bits per heavy atom. The number of methoxy groups -OCH3 is 1. The van der Waals surface area contributed by atoms with Gasteiger partial charge in [-0.15, -0.1) is 11.3 Å². The summed E-state index contributed by atoms with van der Waals surface area (Å²) in [6, 6.07) is 18.0. The van der Waals surface area contributed by atoms with Crippen molar-refractivity contribution in [3.63, 3.8) is 0 Å². The minimum Gasteiger partial charge on any atom is -0.493 e. The number of thioether (sulfide) groups is 1. The number of ether oxygens (including phenoxy) is 2. The zero-order valence-electron chi connectivity index (χ0n) is 19.4. The molecule has 0 aliphatic heterocycles. The van der Waals surface area contributed by atoms with Gasteiger partial charge in [-0.1, -0.05) is 64.8 Å². The molecule has 0 aliphatic rings. The van der Waals surface area contributed by atoms with Gasteiger partial charge in [0.2, 0.25) is 0 Å². The van der Waals surface area contributed by atoms with E-state index < -0.39 is 0 Å². The van der Waals surface area contributed by atoms with Gasteiger partial charge in [0.15, 0.2) is 15.8 Å². The van der Waals surface area contributed by atoms with E-state index in [0.717, 1.165) is 26.7 Å². The Morgan fingerprint density at radius 1 is 1.05 bits per heavy atom. The number of rotatable bonds is 10. The Kier molecular flexibility index (Phi) is 9.71. The zero-order chi connectivity index (χ0) is 26.2. The predicted molar refractivity (Wildman–Crippen MR) is 153 cm³/mol. The molecule has 6 nitrogen and oxygen atoms in total. The number of aromatic nitrogens is 1. The second-order valence-electron chi connectivity index (χ2n) is 7.52. The van der Waals surface area contributed by atoms with Gasteiger partial charge in [-0.2, -0.15) is 5.10 Å². The molecule has 11 heteroatoms. The fourth-order valence-electron chi connectivity index (χ4n) is 3.09. The van der Waals surface area contributed by atoms with E-state index in [2.05, 4.69) is 15.5 Å². The van der Waals surface area contributed by atoms with Gasteiger partial charge in [0.25, 0.3) is 5.91 Å². The molecule has 190 valence electrons. The second-order valence-corrected chi connectivity index (χ2v) is 10.9. The van der Waals surface area contributed by atoms with Gasteiger partial charge in [0, 0.05) is 31.6 Å². The molecular weight excluding hydrogens is 573 g/mol. The smallest absolute Gasteiger partial charge is 0.250 e. The molecule has 3 aromatic carbocycles. The van der Waals surface area contributed by atoms with E-state index in [9.17, 15) is 4.79 Å². The maximum atomic E-state index is 12.2. The fraction of sp³-hybridized carbons (Fsp3) is 0.115. The van der Waals surface area contributed by atoms with E-state index in [1.165, 1.54) is 29.3 Å². The third kappa shape index (κ3) is 7.87. The number of hydrogen-bond donors (Lipinski definition) is 1. The molecule has 0 radical (unpaired) electrons. The van der Waals surface area contributed by atoms with Crippen molar-refractivity contribution in [2.24, 2.45) is 5.10 Å². The van der Waals surface area contributed by atoms with Crippen molar-refractivity contribution >= 4 is 70.0 Å². The molecule has 0 saturated carbocycles. The van der Waals surface area contributed by atoms with Crippen LogP contribution in [-0.4, -0.2) is 30.0 Å². The number of thiazole rings is 1. The highest BCUT2D eigenvalue weighted by Crippen LogP contribution is 2.30. The van der Waals surface area contributed by atoms with Gasteiger partial charge >= 0.3 is 0 Å². The van der Waals surface area contributed by atoms with Crippen LogP contribution in [0.2, 0.25) is 15.1 Å². The number of nitrogens with zero attached hydrogens (tertiary/aromatic N) is 2. The number of halogens is 3. The minimum atomic E-state index is -0.240. The first-order valence-corrected chi connectivity index (χ1v) is 13.8. The molecule has 0 unspecified atom stereocenters. The maximum absolute atomic E-state index is 12.2. The summed E-state index contributed by atoms with van der Waals surface area (Å²) >= 11 is 20.9. The lowest BCUT2D eigenvalue weighted by molar-refractivity contribution is -0.118. The van der Waals surface area contributed by atoms with Gasteiger partial charge in [0.1, 0.15) is 6.61 Å².